The lowest BCUT2D eigenvalue weighted by Crippen LogP contribution is -2.36. The predicted molar refractivity (Wildman–Crippen MR) is 144 cm³/mol. The van der Waals surface area contributed by atoms with E-state index in [4.69, 9.17) is 20.8 Å². The molecule has 1 aliphatic heterocycles. The van der Waals surface area contributed by atoms with Crippen molar-refractivity contribution >= 4 is 52.1 Å². The molecule has 1 unspecified atom stereocenters. The number of carbonyl (C=O) groups excluding carboxylic acids is 2. The summed E-state index contributed by atoms with van der Waals surface area (Å²) in [6, 6.07) is 18.7. The quantitative estimate of drug-likeness (QED) is 0.371. The van der Waals surface area contributed by atoms with Gasteiger partial charge in [-0.3, -0.25) is 14.5 Å². The highest BCUT2D eigenvalue weighted by molar-refractivity contribution is 8.14. The van der Waals surface area contributed by atoms with E-state index in [2.05, 4.69) is 22.4 Å². The minimum Gasteiger partial charge on any atom is -0.495 e. The van der Waals surface area contributed by atoms with Gasteiger partial charge >= 0.3 is 0 Å². The van der Waals surface area contributed by atoms with Gasteiger partial charge in [0.15, 0.2) is 5.17 Å². The van der Waals surface area contributed by atoms with Crippen LogP contribution < -0.4 is 15.0 Å². The summed E-state index contributed by atoms with van der Waals surface area (Å²) in [6.07, 6.45) is 4.80. The van der Waals surface area contributed by atoms with E-state index in [-0.39, 0.29) is 29.3 Å². The number of ether oxygens (including phenoxy) is 1. The fourth-order valence-corrected chi connectivity index (χ4v) is 4.75. The largest absolute Gasteiger partial charge is 0.495 e. The highest BCUT2D eigenvalue weighted by Gasteiger charge is 2.33. The number of anilines is 1. The van der Waals surface area contributed by atoms with E-state index in [1.807, 2.05) is 25.1 Å². The number of hydrogen-bond acceptors (Lipinski definition) is 6. The monoisotopic (exact) mass is 523 g/mol. The van der Waals surface area contributed by atoms with Crippen molar-refractivity contribution in [1.29, 1.82) is 0 Å². The Morgan fingerprint density at radius 2 is 2.03 bits per heavy atom. The normalized spacial score (nSPS) is 15.2. The second-order valence-electron chi connectivity index (χ2n) is 8.18. The van der Waals surface area contributed by atoms with Crippen LogP contribution in [0.2, 0.25) is 5.02 Å². The number of methoxy groups -OCH3 is 1. The Labute approximate surface area is 219 Å². The molecule has 0 fully saturated rings. The van der Waals surface area contributed by atoms with E-state index in [0.717, 1.165) is 12.8 Å². The van der Waals surface area contributed by atoms with Gasteiger partial charge in [-0.05, 0) is 55.7 Å². The smallest absolute Gasteiger partial charge is 0.283 e. The van der Waals surface area contributed by atoms with E-state index >= 15 is 0 Å². The lowest BCUT2D eigenvalue weighted by molar-refractivity contribution is -0.119. The maximum Gasteiger partial charge on any atom is 0.283 e. The first-order valence-electron chi connectivity index (χ1n) is 11.4. The predicted octanol–water partition coefficient (Wildman–Crippen LogP) is 5.56. The van der Waals surface area contributed by atoms with Crippen LogP contribution in [-0.4, -0.2) is 35.9 Å². The SMILES string of the molecule is COc1ccc(N2C(=O)C(=Cc3ccco3)N=C2SCC(=O)NC(C)CCc2ccccc2)cc1Cl. The van der Waals surface area contributed by atoms with Gasteiger partial charge in [0.25, 0.3) is 5.91 Å². The third-order valence-corrected chi connectivity index (χ3v) is 6.73. The molecule has 4 rings (SSSR count). The Bertz CT molecular complexity index is 1280. The summed E-state index contributed by atoms with van der Waals surface area (Å²) in [6.45, 7) is 1.98. The number of hydrogen-bond donors (Lipinski definition) is 1. The standard InChI is InChI=1S/C27H26ClN3O4S/c1-18(10-11-19-7-4-3-5-8-19)29-25(32)17-36-27-30-23(16-21-9-6-14-35-21)26(33)31(27)20-12-13-24(34-2)22(28)15-20/h3-9,12-16,18H,10-11,17H2,1-2H3,(H,29,32). The summed E-state index contributed by atoms with van der Waals surface area (Å²) < 4.78 is 10.6. The molecule has 1 aliphatic rings. The van der Waals surface area contributed by atoms with Crippen LogP contribution in [0.15, 0.2) is 82.0 Å². The van der Waals surface area contributed by atoms with Crippen LogP contribution in [0.3, 0.4) is 0 Å². The van der Waals surface area contributed by atoms with Crippen LogP contribution in [0.4, 0.5) is 5.69 Å². The number of aliphatic imine (C=N–C) groups is 1. The second-order valence-corrected chi connectivity index (χ2v) is 9.53. The number of benzene rings is 2. The summed E-state index contributed by atoms with van der Waals surface area (Å²) in [4.78, 5) is 31.9. The highest BCUT2D eigenvalue weighted by Crippen LogP contribution is 2.34. The molecule has 186 valence electrons. The molecule has 2 aromatic carbocycles. The van der Waals surface area contributed by atoms with Crippen molar-refractivity contribution in [2.24, 2.45) is 4.99 Å². The molecule has 3 aromatic rings. The van der Waals surface area contributed by atoms with Crippen molar-refractivity contribution < 1.29 is 18.7 Å². The Kier molecular flexibility index (Phi) is 8.51. The van der Waals surface area contributed by atoms with Crippen LogP contribution in [-0.2, 0) is 16.0 Å². The van der Waals surface area contributed by atoms with Crippen LogP contribution in [0.5, 0.6) is 5.75 Å². The van der Waals surface area contributed by atoms with Crippen LogP contribution >= 0.6 is 23.4 Å². The van der Waals surface area contributed by atoms with Crippen LogP contribution in [0.1, 0.15) is 24.7 Å². The fraction of sp³-hybridized carbons (Fsp3) is 0.222. The van der Waals surface area contributed by atoms with Crippen molar-refractivity contribution in [1.82, 2.24) is 5.32 Å². The molecule has 9 heteroatoms. The van der Waals surface area contributed by atoms with Gasteiger partial charge in [-0.25, -0.2) is 4.99 Å². The molecule has 2 amide bonds. The Morgan fingerprint density at radius 3 is 2.72 bits per heavy atom. The zero-order valence-electron chi connectivity index (χ0n) is 19.9. The molecule has 0 aliphatic carbocycles. The van der Waals surface area contributed by atoms with Gasteiger partial charge in [0, 0.05) is 12.1 Å². The molecule has 0 bridgehead atoms. The molecule has 1 aromatic heterocycles. The molecule has 0 saturated heterocycles. The van der Waals surface area contributed by atoms with Crippen molar-refractivity contribution in [3.8, 4) is 5.75 Å². The fourth-order valence-electron chi connectivity index (χ4n) is 3.67. The zero-order valence-corrected chi connectivity index (χ0v) is 21.5. The Hall–Kier alpha value is -3.49. The lowest BCUT2D eigenvalue weighted by atomic mass is 10.1. The Morgan fingerprint density at radius 1 is 1.22 bits per heavy atom. The molecule has 0 spiro atoms. The van der Waals surface area contributed by atoms with Gasteiger partial charge in [-0.2, -0.15) is 0 Å². The number of nitrogens with one attached hydrogen (secondary N) is 1. The minimum absolute atomic E-state index is 0.0105. The molecule has 0 radical (unpaired) electrons. The van der Waals surface area contributed by atoms with E-state index < -0.39 is 0 Å². The maximum atomic E-state index is 13.3. The van der Waals surface area contributed by atoms with Gasteiger partial charge in [0.2, 0.25) is 5.91 Å². The molecule has 0 saturated carbocycles. The number of furan rings is 1. The maximum absolute atomic E-state index is 13.3. The first-order valence-corrected chi connectivity index (χ1v) is 12.8. The lowest BCUT2D eigenvalue weighted by Gasteiger charge is -2.19. The zero-order chi connectivity index (χ0) is 25.5. The highest BCUT2D eigenvalue weighted by atomic mass is 35.5. The summed E-state index contributed by atoms with van der Waals surface area (Å²) in [7, 11) is 1.52. The number of nitrogens with zero attached hydrogens (tertiary/aromatic N) is 2. The van der Waals surface area contributed by atoms with Crippen molar-refractivity contribution in [3.05, 3.63) is 89.0 Å². The number of rotatable bonds is 9. The summed E-state index contributed by atoms with van der Waals surface area (Å²) in [5.74, 6) is 0.633. The molecule has 36 heavy (non-hydrogen) atoms. The van der Waals surface area contributed by atoms with Crippen molar-refractivity contribution in [2.45, 2.75) is 25.8 Å². The number of aryl methyl sites for hydroxylation is 1. The molecule has 1 atom stereocenters. The third kappa shape index (κ3) is 6.38. The number of amidine groups is 1. The number of amides is 2. The van der Waals surface area contributed by atoms with Gasteiger partial charge in [-0.1, -0.05) is 53.7 Å². The van der Waals surface area contributed by atoms with Crippen molar-refractivity contribution in [2.75, 3.05) is 17.8 Å². The van der Waals surface area contributed by atoms with E-state index in [9.17, 15) is 9.59 Å². The number of halogens is 1. The summed E-state index contributed by atoms with van der Waals surface area (Å²) in [5.41, 5.74) is 1.96. The van der Waals surface area contributed by atoms with E-state index in [0.29, 0.717) is 27.4 Å². The average Bonchev–Trinajstić information content (AvgIpc) is 3.50. The van der Waals surface area contributed by atoms with Crippen molar-refractivity contribution in [3.63, 3.8) is 0 Å². The average molecular weight is 524 g/mol. The van der Waals surface area contributed by atoms with E-state index in [1.165, 1.54) is 35.6 Å². The number of thioether (sulfide) groups is 1. The first kappa shape index (κ1) is 25.6. The van der Waals surface area contributed by atoms with Gasteiger partial charge in [0.05, 0.1) is 29.8 Å². The summed E-state index contributed by atoms with van der Waals surface area (Å²) in [5, 5.41) is 3.77. The Balaban J connectivity index is 1.45. The second kappa shape index (κ2) is 12.0. The topological polar surface area (TPSA) is 84.1 Å². The van der Waals surface area contributed by atoms with Crippen LogP contribution in [0, 0.1) is 0 Å². The molecular formula is C27H26ClN3O4S. The minimum atomic E-state index is -0.341. The van der Waals surface area contributed by atoms with E-state index in [1.54, 1.807) is 36.4 Å². The first-order chi connectivity index (χ1) is 17.4. The summed E-state index contributed by atoms with van der Waals surface area (Å²) >= 11 is 7.49. The van der Waals surface area contributed by atoms with Gasteiger partial charge < -0.3 is 14.5 Å². The molecule has 2 heterocycles. The molecule has 1 N–H and O–H groups in total. The van der Waals surface area contributed by atoms with Crippen LogP contribution in [0.25, 0.3) is 6.08 Å². The van der Waals surface area contributed by atoms with Gasteiger partial charge in [0.1, 0.15) is 17.2 Å². The van der Waals surface area contributed by atoms with Gasteiger partial charge in [-0.15, -0.1) is 0 Å². The molecule has 7 nitrogen and oxygen atoms in total. The molecular weight excluding hydrogens is 498 g/mol. The number of carbonyl (C=O) groups is 2. The third-order valence-electron chi connectivity index (χ3n) is 5.49.